The van der Waals surface area contributed by atoms with Crippen LogP contribution in [-0.2, 0) is 77.3 Å². The fourth-order valence-corrected chi connectivity index (χ4v) is 15.1. The third-order valence-electron chi connectivity index (χ3n) is 18.8. The van der Waals surface area contributed by atoms with E-state index in [-0.39, 0.29) is 20.9 Å². The van der Waals surface area contributed by atoms with E-state index >= 15 is 0 Å². The molecule has 6 aromatic heterocycles. The van der Waals surface area contributed by atoms with Crippen molar-refractivity contribution in [2.75, 3.05) is 0 Å². The van der Waals surface area contributed by atoms with E-state index in [0.717, 1.165) is 148 Å². The third kappa shape index (κ3) is 10.0. The van der Waals surface area contributed by atoms with Crippen molar-refractivity contribution in [3.05, 3.63) is 138 Å². The molecule has 4 N–H and O–H groups in total. The van der Waals surface area contributed by atoms with Crippen molar-refractivity contribution < 1.29 is 20.9 Å². The van der Waals surface area contributed by atoms with Crippen LogP contribution < -0.4 is 0 Å². The predicted molar refractivity (Wildman–Crippen MR) is 352 cm³/mol. The van der Waals surface area contributed by atoms with Crippen molar-refractivity contribution >= 4 is 88.7 Å². The molecule has 0 saturated carbocycles. The van der Waals surface area contributed by atoms with E-state index in [0.29, 0.717) is 6.42 Å². The first-order valence-corrected chi connectivity index (χ1v) is 31.9. The summed E-state index contributed by atoms with van der Waals surface area (Å²) in [6, 6.07) is 14.3. The first-order chi connectivity index (χ1) is 39.4. The molecule has 0 radical (unpaired) electrons. The van der Waals surface area contributed by atoms with E-state index in [4.69, 9.17) is 19.9 Å². The zero-order valence-corrected chi connectivity index (χ0v) is 55.9. The molecule has 0 amide bonds. The number of hydrogen-bond donors (Lipinski definition) is 4. The predicted octanol–water partition coefficient (Wildman–Crippen LogP) is 20.2. The van der Waals surface area contributed by atoms with E-state index in [1.54, 1.807) is 0 Å². The minimum absolute atomic E-state index is 0. The Hall–Kier alpha value is -6.18. The van der Waals surface area contributed by atoms with E-state index in [1.165, 1.54) is 144 Å². The molecule has 0 fully saturated rings. The maximum atomic E-state index is 5.99. The van der Waals surface area contributed by atoms with Gasteiger partial charge in [-0.3, -0.25) is 0 Å². The van der Waals surface area contributed by atoms with Gasteiger partial charge in [0.1, 0.15) is 0 Å². The molecular formula is C73H94N8Zn+2. The summed E-state index contributed by atoms with van der Waals surface area (Å²) < 4.78 is 0. The number of rotatable bonds is 18. The average Bonchev–Trinajstić information content (AvgIpc) is 4.49. The molecule has 0 unspecified atom stereocenters. The zero-order chi connectivity index (χ0) is 57.6. The van der Waals surface area contributed by atoms with E-state index in [9.17, 15) is 0 Å². The van der Waals surface area contributed by atoms with Crippen LogP contribution in [0, 0.1) is 0 Å². The van der Waals surface area contributed by atoms with Gasteiger partial charge < -0.3 is 19.9 Å². The van der Waals surface area contributed by atoms with Gasteiger partial charge in [-0.15, -0.1) is 0 Å². The molecule has 10 heterocycles. The number of aryl methyl sites for hydroxylation is 8. The maximum absolute atomic E-state index is 5.99. The first kappa shape index (κ1) is 60.4. The van der Waals surface area contributed by atoms with Gasteiger partial charge in [0, 0.05) is 63.1 Å². The van der Waals surface area contributed by atoms with Gasteiger partial charge in [0.15, 0.2) is 0 Å². The minimum Gasteiger partial charge on any atom is -0.355 e. The Kier molecular flexibility index (Phi) is 18.7. The van der Waals surface area contributed by atoms with Gasteiger partial charge in [0.25, 0.3) is 0 Å². The molecule has 10 rings (SSSR count). The van der Waals surface area contributed by atoms with Crippen molar-refractivity contribution in [3.63, 3.8) is 0 Å². The molecule has 8 nitrogen and oxygen atoms in total. The van der Waals surface area contributed by atoms with Crippen molar-refractivity contribution in [3.8, 4) is 0 Å². The molecule has 6 aromatic rings. The molecule has 426 valence electrons. The number of allylic oxidation sites excluding steroid dienone is 8. The van der Waals surface area contributed by atoms with Gasteiger partial charge >= 0.3 is 19.5 Å². The van der Waals surface area contributed by atoms with Gasteiger partial charge in [-0.05, 0) is 228 Å². The Morgan fingerprint density at radius 1 is 0.244 bits per heavy atom. The van der Waals surface area contributed by atoms with Gasteiger partial charge in [-0.25, -0.2) is 19.9 Å². The molecule has 16 bridgehead atoms. The van der Waals surface area contributed by atoms with Gasteiger partial charge in [-0.2, -0.15) is 0 Å². The van der Waals surface area contributed by atoms with Gasteiger partial charge in [0.05, 0.1) is 45.6 Å². The number of nitrogens with one attached hydrogen (secondary N) is 4. The molecule has 4 aliphatic heterocycles. The van der Waals surface area contributed by atoms with E-state index < -0.39 is 0 Å². The molecule has 0 saturated heterocycles. The van der Waals surface area contributed by atoms with Crippen LogP contribution in [0.5, 0.6) is 0 Å². The topological polar surface area (TPSA) is 115 Å². The Morgan fingerprint density at radius 3 is 0.805 bits per heavy atom. The third-order valence-corrected chi connectivity index (χ3v) is 18.8. The van der Waals surface area contributed by atoms with Crippen LogP contribution in [0.3, 0.4) is 0 Å². The summed E-state index contributed by atoms with van der Waals surface area (Å²) in [5.74, 6) is 0. The van der Waals surface area contributed by atoms with Crippen LogP contribution in [0.2, 0.25) is 0 Å². The Labute approximate surface area is 504 Å². The van der Waals surface area contributed by atoms with Crippen molar-refractivity contribution in [2.45, 2.75) is 220 Å². The number of aromatic nitrogens is 8. The van der Waals surface area contributed by atoms with Crippen LogP contribution in [0.15, 0.2) is 36.4 Å². The second-order valence-electron chi connectivity index (χ2n) is 22.5. The smallest absolute Gasteiger partial charge is 0.355 e. The minimum atomic E-state index is 0. The SMILES string of the molecule is CCC1=C(CC)c2cc3[nH]c(cc4[nH]c(c(Cc5c6nc(cc7[nH]c(cc8[nH]c(cc9nc5C(CC)=C9CC)c(CC)c8CC)c(CC)c7CC)C(CC)=C6CC)c5nc(cc1n2)C(CC)=C5CC)c(CC)c4CC)c(CC)c3CC.[HH].[Zn+2]. The largest absolute Gasteiger partial charge is 2.00 e. The fraction of sp³-hybridized carbons (Fsp3) is 0.452. The summed E-state index contributed by atoms with van der Waals surface area (Å²) in [6.07, 6.45) is 15.0. The standard InChI is InChI=1S/C73H92N8.Zn.H2/c1-17-40-44(21-5)62-36-66-48(25-9)52(29-13)70(78-66)56(71-53(30-14)49(26-10)67(79-71)37-63-45(22-6)41(18-2)59(75-63)34-58(40)74-62)33-57-72-54(31-15)50(27-11)68(80-72)38-64-46(23-7)42(19-3)60(76-64)35-61-43(20-4)47(24-8)65(77-61)39-69-51(28-12)55(32-16)73(57)81-69;;/h34-39,74-76,80H,17-33H2,1-16H3;;1H/q;+2;. The van der Waals surface area contributed by atoms with Crippen LogP contribution in [-0.4, -0.2) is 39.9 Å². The van der Waals surface area contributed by atoms with Crippen molar-refractivity contribution in [2.24, 2.45) is 0 Å². The number of hydrogen-bond acceptors (Lipinski definition) is 4. The van der Waals surface area contributed by atoms with Crippen LogP contribution in [0.25, 0.3) is 88.7 Å². The second-order valence-corrected chi connectivity index (χ2v) is 22.5. The molecule has 4 aliphatic rings. The summed E-state index contributed by atoms with van der Waals surface area (Å²) in [5, 5.41) is 0. The summed E-state index contributed by atoms with van der Waals surface area (Å²) in [4.78, 5) is 39.9. The number of H-pyrrole nitrogens is 4. The number of nitrogens with zero attached hydrogens (tertiary/aromatic N) is 4. The van der Waals surface area contributed by atoms with Gasteiger partial charge in [0.2, 0.25) is 0 Å². The van der Waals surface area contributed by atoms with Crippen molar-refractivity contribution in [1.29, 1.82) is 0 Å². The van der Waals surface area contributed by atoms with Crippen LogP contribution in [0.1, 0.15) is 265 Å². The first-order valence-electron chi connectivity index (χ1n) is 31.9. The average molecular weight is 1150 g/mol. The summed E-state index contributed by atoms with van der Waals surface area (Å²) >= 11 is 0. The second kappa shape index (κ2) is 25.4. The Balaban J connectivity index is 0.00000450. The fourth-order valence-electron chi connectivity index (χ4n) is 15.1. The Morgan fingerprint density at radius 2 is 0.488 bits per heavy atom. The molecule has 0 aromatic carbocycles. The van der Waals surface area contributed by atoms with E-state index in [1.807, 2.05) is 0 Å². The maximum Gasteiger partial charge on any atom is 2.00 e. The molecular weight excluding hydrogens is 1050 g/mol. The Bertz CT molecular complexity index is 3870. The van der Waals surface area contributed by atoms with Crippen LogP contribution >= 0.6 is 0 Å². The van der Waals surface area contributed by atoms with Crippen molar-refractivity contribution in [1.82, 2.24) is 39.9 Å². The quantitative estimate of drug-likeness (QED) is 0.0642. The molecule has 0 aliphatic carbocycles. The molecule has 0 spiro atoms. The van der Waals surface area contributed by atoms with Gasteiger partial charge in [-0.1, -0.05) is 111 Å². The number of aromatic amines is 4. The molecule has 82 heavy (non-hydrogen) atoms. The molecule has 0 atom stereocenters. The normalized spacial score (nSPS) is 13.7. The van der Waals surface area contributed by atoms with Crippen LogP contribution in [0.4, 0.5) is 0 Å². The molecule has 9 heteroatoms. The summed E-state index contributed by atoms with van der Waals surface area (Å²) in [6.45, 7) is 37.1. The number of fused-ring (bicyclic) bond motifs is 16. The summed E-state index contributed by atoms with van der Waals surface area (Å²) in [7, 11) is 0. The monoisotopic (exact) mass is 1150 g/mol. The summed E-state index contributed by atoms with van der Waals surface area (Å²) in [5.41, 5.74) is 41.9. The zero-order valence-electron chi connectivity index (χ0n) is 53.0. The van der Waals surface area contributed by atoms with E-state index in [2.05, 4.69) is 167 Å².